The lowest BCUT2D eigenvalue weighted by Gasteiger charge is -2.13. The van der Waals surface area contributed by atoms with Crippen LogP contribution in [0.3, 0.4) is 0 Å². The molecule has 4 aromatic rings. The van der Waals surface area contributed by atoms with Crippen molar-refractivity contribution in [2.24, 2.45) is 0 Å². The van der Waals surface area contributed by atoms with Crippen LogP contribution in [0, 0.1) is 0 Å². The molecule has 5 rings (SSSR count). The Balaban J connectivity index is 1.48. The molecule has 2 amide bonds. The molecule has 0 N–H and O–H groups in total. The summed E-state index contributed by atoms with van der Waals surface area (Å²) in [5.41, 5.74) is 3.50. The van der Waals surface area contributed by atoms with E-state index in [0.717, 1.165) is 39.4 Å². The molecule has 3 aromatic carbocycles. The van der Waals surface area contributed by atoms with Crippen LogP contribution in [0.25, 0.3) is 17.0 Å². The second-order valence-corrected chi connectivity index (χ2v) is 10.1. The smallest absolute Gasteiger partial charge is 0.293 e. The van der Waals surface area contributed by atoms with Gasteiger partial charge in [-0.25, -0.2) is 0 Å². The quantitative estimate of drug-likeness (QED) is 0.248. The van der Waals surface area contributed by atoms with Crippen LogP contribution in [0.5, 0.6) is 0 Å². The van der Waals surface area contributed by atoms with Crippen molar-refractivity contribution in [1.29, 1.82) is 0 Å². The summed E-state index contributed by atoms with van der Waals surface area (Å²) in [6, 6.07) is 20.5. The van der Waals surface area contributed by atoms with Gasteiger partial charge in [-0.15, -0.1) is 0 Å². The van der Waals surface area contributed by atoms with Crippen LogP contribution in [-0.2, 0) is 17.9 Å². The largest absolute Gasteiger partial charge is 0.342 e. The third kappa shape index (κ3) is 4.49. The number of fused-ring (bicyclic) bond motifs is 1. The van der Waals surface area contributed by atoms with Crippen molar-refractivity contribution in [2.45, 2.75) is 13.1 Å². The van der Waals surface area contributed by atoms with E-state index in [1.807, 2.05) is 60.8 Å². The minimum Gasteiger partial charge on any atom is -0.342 e. The van der Waals surface area contributed by atoms with Gasteiger partial charge in [-0.2, -0.15) is 0 Å². The number of nitrogens with zero attached hydrogens (tertiary/aromatic N) is 2. The van der Waals surface area contributed by atoms with Crippen molar-refractivity contribution in [3.8, 4) is 0 Å². The standard InChI is InChI=1S/C26H17Cl3N2O2S/c27-19-10-9-17(22(29)12-19)13-30-14-18(20-6-2-4-8-23(20)30)11-24-25(32)31(26(33)34-24)15-16-5-1-3-7-21(16)28/h1-12,14H,13,15H2/b24-11-. The summed E-state index contributed by atoms with van der Waals surface area (Å²) >= 11 is 19.6. The van der Waals surface area contributed by atoms with Gasteiger partial charge >= 0.3 is 0 Å². The number of imide groups is 1. The number of para-hydroxylation sites is 1. The van der Waals surface area contributed by atoms with Crippen molar-refractivity contribution in [2.75, 3.05) is 0 Å². The van der Waals surface area contributed by atoms with Crippen LogP contribution in [-0.4, -0.2) is 20.6 Å². The lowest BCUT2D eigenvalue weighted by Crippen LogP contribution is -2.27. The molecule has 1 aliphatic heterocycles. The first-order valence-electron chi connectivity index (χ1n) is 10.4. The van der Waals surface area contributed by atoms with Gasteiger partial charge in [0.1, 0.15) is 0 Å². The van der Waals surface area contributed by atoms with E-state index < -0.39 is 0 Å². The van der Waals surface area contributed by atoms with Gasteiger partial charge in [0.15, 0.2) is 0 Å². The Morgan fingerprint density at radius 1 is 0.824 bits per heavy atom. The van der Waals surface area contributed by atoms with Crippen LogP contribution in [0.2, 0.25) is 15.1 Å². The number of hydrogen-bond donors (Lipinski definition) is 0. The minimum absolute atomic E-state index is 0.137. The molecule has 8 heteroatoms. The van der Waals surface area contributed by atoms with Gasteiger partial charge in [-0.3, -0.25) is 14.5 Å². The molecule has 34 heavy (non-hydrogen) atoms. The van der Waals surface area contributed by atoms with E-state index in [1.54, 1.807) is 18.2 Å². The monoisotopic (exact) mass is 526 g/mol. The number of thioether (sulfide) groups is 1. The summed E-state index contributed by atoms with van der Waals surface area (Å²) in [5, 5.41) is 2.36. The van der Waals surface area contributed by atoms with Crippen molar-refractivity contribution in [1.82, 2.24) is 9.47 Å². The third-order valence-electron chi connectivity index (χ3n) is 5.62. The predicted molar refractivity (Wildman–Crippen MR) is 140 cm³/mol. The van der Waals surface area contributed by atoms with E-state index >= 15 is 0 Å². The van der Waals surface area contributed by atoms with Crippen LogP contribution in [0.15, 0.2) is 77.8 Å². The summed E-state index contributed by atoms with van der Waals surface area (Å²) in [6.45, 7) is 0.677. The zero-order valence-corrected chi connectivity index (χ0v) is 20.8. The maximum absolute atomic E-state index is 13.1. The van der Waals surface area contributed by atoms with Crippen LogP contribution >= 0.6 is 46.6 Å². The predicted octanol–water partition coefficient (Wildman–Crippen LogP) is 7.89. The highest BCUT2D eigenvalue weighted by atomic mass is 35.5. The van der Waals surface area contributed by atoms with Gasteiger partial charge < -0.3 is 4.57 Å². The highest BCUT2D eigenvalue weighted by Gasteiger charge is 2.35. The molecule has 1 fully saturated rings. The lowest BCUT2D eigenvalue weighted by atomic mass is 10.1. The Bertz CT molecular complexity index is 1480. The van der Waals surface area contributed by atoms with Gasteiger partial charge in [-0.05, 0) is 53.2 Å². The molecule has 0 atom stereocenters. The highest BCUT2D eigenvalue weighted by Crippen LogP contribution is 2.36. The van der Waals surface area contributed by atoms with Crippen molar-refractivity contribution >= 4 is 74.7 Å². The third-order valence-corrected chi connectivity index (χ3v) is 7.48. The number of benzene rings is 3. The fourth-order valence-corrected chi connectivity index (χ4v) is 5.42. The molecule has 1 saturated heterocycles. The van der Waals surface area contributed by atoms with Crippen LogP contribution in [0.1, 0.15) is 16.7 Å². The molecule has 1 aromatic heterocycles. The summed E-state index contributed by atoms with van der Waals surface area (Å²) in [4.78, 5) is 27.3. The second kappa shape index (κ2) is 9.51. The topological polar surface area (TPSA) is 42.3 Å². The number of hydrogen-bond acceptors (Lipinski definition) is 3. The molecule has 0 aliphatic carbocycles. The van der Waals surface area contributed by atoms with E-state index in [2.05, 4.69) is 4.57 Å². The van der Waals surface area contributed by atoms with E-state index in [9.17, 15) is 9.59 Å². The maximum atomic E-state index is 13.1. The minimum atomic E-state index is -0.326. The normalized spacial score (nSPS) is 15.1. The average Bonchev–Trinajstić information content (AvgIpc) is 3.29. The molecule has 4 nitrogen and oxygen atoms in total. The van der Waals surface area contributed by atoms with Gasteiger partial charge in [0.25, 0.3) is 11.1 Å². The summed E-state index contributed by atoms with van der Waals surface area (Å²) in [7, 11) is 0. The first-order valence-corrected chi connectivity index (χ1v) is 12.4. The van der Waals surface area contributed by atoms with Crippen molar-refractivity contribution < 1.29 is 9.59 Å². The first-order chi connectivity index (χ1) is 16.4. The van der Waals surface area contributed by atoms with Crippen LogP contribution in [0.4, 0.5) is 4.79 Å². The van der Waals surface area contributed by atoms with Crippen LogP contribution < -0.4 is 0 Å². The van der Waals surface area contributed by atoms with Crippen molar-refractivity contribution in [3.63, 3.8) is 0 Å². The number of aromatic nitrogens is 1. The Kier molecular flexibility index (Phi) is 6.45. The Morgan fingerprint density at radius 3 is 2.35 bits per heavy atom. The molecule has 0 radical (unpaired) electrons. The molecule has 0 spiro atoms. The maximum Gasteiger partial charge on any atom is 0.293 e. The Labute approximate surface area is 215 Å². The van der Waals surface area contributed by atoms with Crippen molar-refractivity contribution in [3.05, 3.63) is 110 Å². The summed E-state index contributed by atoms with van der Waals surface area (Å²) < 4.78 is 2.07. The summed E-state index contributed by atoms with van der Waals surface area (Å²) in [5.74, 6) is -0.326. The van der Waals surface area contributed by atoms with Gasteiger partial charge in [0.2, 0.25) is 0 Å². The molecule has 0 saturated carbocycles. The second-order valence-electron chi connectivity index (χ2n) is 7.82. The van der Waals surface area contributed by atoms with E-state index in [4.69, 9.17) is 34.8 Å². The number of amides is 2. The van der Waals surface area contributed by atoms with Gasteiger partial charge in [0, 0.05) is 44.3 Å². The summed E-state index contributed by atoms with van der Waals surface area (Å²) in [6.07, 6.45) is 3.75. The highest BCUT2D eigenvalue weighted by molar-refractivity contribution is 8.18. The zero-order chi connectivity index (χ0) is 23.8. The number of rotatable bonds is 5. The van der Waals surface area contributed by atoms with Gasteiger partial charge in [-0.1, -0.05) is 77.3 Å². The SMILES string of the molecule is O=C1S/C(=C\c2cn(Cc3ccc(Cl)cc3Cl)c3ccccc23)C(=O)N1Cc1ccccc1Cl. The van der Waals surface area contributed by atoms with E-state index in [0.29, 0.717) is 26.5 Å². The molecular formula is C26H17Cl3N2O2S. The molecule has 0 unspecified atom stereocenters. The molecule has 2 heterocycles. The van der Waals surface area contributed by atoms with E-state index in [1.165, 1.54) is 4.90 Å². The van der Waals surface area contributed by atoms with Gasteiger partial charge in [0.05, 0.1) is 11.4 Å². The number of carbonyl (C=O) groups is 2. The molecule has 170 valence electrons. The fraction of sp³-hybridized carbons (Fsp3) is 0.0769. The Morgan fingerprint density at radius 2 is 1.56 bits per heavy atom. The Hall–Kier alpha value is -2.70. The number of halogens is 3. The molecule has 1 aliphatic rings. The average molecular weight is 528 g/mol. The number of carbonyl (C=O) groups excluding carboxylic acids is 2. The zero-order valence-electron chi connectivity index (χ0n) is 17.7. The molecular weight excluding hydrogens is 511 g/mol. The fourth-order valence-electron chi connectivity index (χ4n) is 3.93. The first kappa shape index (κ1) is 23.1. The van der Waals surface area contributed by atoms with E-state index in [-0.39, 0.29) is 17.7 Å². The molecule has 0 bridgehead atoms. The lowest BCUT2D eigenvalue weighted by molar-refractivity contribution is -0.123.